The first-order valence-electron chi connectivity index (χ1n) is 11.2. The Balaban J connectivity index is 1.63. The molecule has 0 fully saturated rings. The van der Waals surface area contributed by atoms with Crippen molar-refractivity contribution in [3.63, 3.8) is 0 Å². The lowest BCUT2D eigenvalue weighted by Crippen LogP contribution is -2.21. The molecule has 0 aliphatic carbocycles. The maximum Gasteiger partial charge on any atom is 0.344 e. The maximum absolute atomic E-state index is 12.7. The van der Waals surface area contributed by atoms with Gasteiger partial charge in [0.25, 0.3) is 0 Å². The third-order valence-electron chi connectivity index (χ3n) is 5.29. The minimum atomic E-state index is -0.800. The first-order chi connectivity index (χ1) is 17.8. The van der Waals surface area contributed by atoms with Crippen LogP contribution in [0.4, 0.5) is 5.13 Å². The van der Waals surface area contributed by atoms with E-state index >= 15 is 0 Å². The quantitative estimate of drug-likeness (QED) is 0.195. The summed E-state index contributed by atoms with van der Waals surface area (Å²) in [4.78, 5) is 37.4. The van der Waals surface area contributed by atoms with E-state index in [4.69, 9.17) is 23.4 Å². The van der Waals surface area contributed by atoms with Crippen molar-refractivity contribution in [2.75, 3.05) is 26.6 Å². The first kappa shape index (κ1) is 28.0. The van der Waals surface area contributed by atoms with Crippen LogP contribution in [0.1, 0.15) is 42.8 Å². The molecular formula is C24H27N3O8S2. The predicted octanol–water partition coefficient (Wildman–Crippen LogP) is 4.40. The summed E-state index contributed by atoms with van der Waals surface area (Å²) in [6, 6.07) is 4.07. The number of nitrogens with zero attached hydrogens (tertiary/aromatic N) is 2. The zero-order chi connectivity index (χ0) is 26.9. The van der Waals surface area contributed by atoms with Crippen molar-refractivity contribution in [3.05, 3.63) is 46.0 Å². The van der Waals surface area contributed by atoms with Gasteiger partial charge in [-0.2, -0.15) is 0 Å². The third-order valence-corrected chi connectivity index (χ3v) is 7.28. The number of amides is 1. The fraction of sp³-hybridized carbons (Fsp3) is 0.375. The molecule has 2 aromatic heterocycles. The zero-order valence-electron chi connectivity index (χ0n) is 21.0. The molecule has 3 rings (SSSR count). The Kier molecular flexibility index (Phi) is 9.92. The van der Waals surface area contributed by atoms with E-state index in [0.717, 1.165) is 19.1 Å². The van der Waals surface area contributed by atoms with E-state index in [-0.39, 0.29) is 40.4 Å². The van der Waals surface area contributed by atoms with Crippen molar-refractivity contribution >= 4 is 40.1 Å². The zero-order valence-corrected chi connectivity index (χ0v) is 22.6. The van der Waals surface area contributed by atoms with E-state index < -0.39 is 11.4 Å². The van der Waals surface area contributed by atoms with Crippen LogP contribution < -0.4 is 29.7 Å². The fourth-order valence-corrected chi connectivity index (χ4v) is 4.91. The Morgan fingerprint density at radius 2 is 1.70 bits per heavy atom. The van der Waals surface area contributed by atoms with E-state index in [1.165, 1.54) is 62.6 Å². The number of thioether (sulfide) groups is 1. The van der Waals surface area contributed by atoms with Crippen molar-refractivity contribution in [2.24, 2.45) is 5.92 Å². The van der Waals surface area contributed by atoms with Gasteiger partial charge >= 0.3 is 5.97 Å². The monoisotopic (exact) mass is 549 g/mol. The topological polar surface area (TPSA) is 139 Å². The summed E-state index contributed by atoms with van der Waals surface area (Å²) in [5, 5.41) is 11.2. The highest BCUT2D eigenvalue weighted by Crippen LogP contribution is 2.38. The molecule has 0 aliphatic heterocycles. The van der Waals surface area contributed by atoms with Gasteiger partial charge in [0.1, 0.15) is 12.0 Å². The van der Waals surface area contributed by atoms with Crippen LogP contribution in [0.25, 0.3) is 0 Å². The molecule has 0 bridgehead atoms. The number of carbonyl (C=O) groups excluding carboxylic acids is 2. The van der Waals surface area contributed by atoms with Gasteiger partial charge in [-0.1, -0.05) is 36.9 Å². The molecule has 1 N–H and O–H groups in total. The number of aromatic nitrogens is 2. The Morgan fingerprint density at radius 1 is 1.03 bits per heavy atom. The van der Waals surface area contributed by atoms with Crippen LogP contribution in [0.5, 0.6) is 23.0 Å². The van der Waals surface area contributed by atoms with Crippen molar-refractivity contribution in [3.8, 4) is 23.0 Å². The van der Waals surface area contributed by atoms with Crippen molar-refractivity contribution < 1.29 is 33.0 Å². The number of carbonyl (C=O) groups is 2. The molecule has 1 amide bonds. The van der Waals surface area contributed by atoms with Crippen molar-refractivity contribution in [1.82, 2.24) is 10.2 Å². The standard InChI is InChI=1S/C24H27N3O8S2/c1-6-13(7-2)21(29)25-23-26-27-24(37-23)36-12-15-10-16(28)19(11-34-15)35-22(30)14-8-17(31-3)20(33-5)18(9-14)32-4/h8-11,13H,6-7,12H2,1-5H3,(H,25,26,29). The molecule has 198 valence electrons. The summed E-state index contributed by atoms with van der Waals surface area (Å²) >= 11 is 2.52. The minimum Gasteiger partial charge on any atom is -0.493 e. The summed E-state index contributed by atoms with van der Waals surface area (Å²) in [6.45, 7) is 3.92. The number of hydrogen-bond donors (Lipinski definition) is 1. The lowest BCUT2D eigenvalue weighted by molar-refractivity contribution is -0.120. The molecule has 0 unspecified atom stereocenters. The van der Waals surface area contributed by atoms with Gasteiger partial charge in [-0.3, -0.25) is 9.59 Å². The summed E-state index contributed by atoms with van der Waals surface area (Å²) in [5.74, 6) is 0.257. The number of methoxy groups -OCH3 is 3. The van der Waals surface area contributed by atoms with E-state index in [2.05, 4.69) is 15.5 Å². The van der Waals surface area contributed by atoms with Crippen LogP contribution in [0.15, 0.2) is 38.0 Å². The average molecular weight is 550 g/mol. The van der Waals surface area contributed by atoms with E-state index in [1.54, 1.807) is 0 Å². The van der Waals surface area contributed by atoms with E-state index in [0.29, 0.717) is 21.0 Å². The predicted molar refractivity (Wildman–Crippen MR) is 138 cm³/mol. The van der Waals surface area contributed by atoms with E-state index in [9.17, 15) is 14.4 Å². The maximum atomic E-state index is 12.7. The minimum absolute atomic E-state index is 0.0735. The molecule has 0 saturated heterocycles. The van der Waals surface area contributed by atoms with Gasteiger partial charge in [-0.15, -0.1) is 10.2 Å². The van der Waals surface area contributed by atoms with Crippen LogP contribution in [0, 0.1) is 5.92 Å². The molecule has 0 saturated carbocycles. The van der Waals surface area contributed by atoms with Gasteiger partial charge < -0.3 is 28.7 Å². The number of nitrogens with one attached hydrogen (secondary N) is 1. The molecule has 13 heteroatoms. The Morgan fingerprint density at radius 3 is 2.27 bits per heavy atom. The lowest BCUT2D eigenvalue weighted by atomic mass is 10.0. The van der Waals surface area contributed by atoms with Crippen LogP contribution >= 0.6 is 23.1 Å². The van der Waals surface area contributed by atoms with Gasteiger partial charge in [0, 0.05) is 12.0 Å². The number of ether oxygens (including phenoxy) is 4. The van der Waals surface area contributed by atoms with Crippen LogP contribution in [0.3, 0.4) is 0 Å². The molecule has 2 heterocycles. The fourth-order valence-electron chi connectivity index (χ4n) is 3.26. The average Bonchev–Trinajstić information content (AvgIpc) is 3.35. The first-order valence-corrected chi connectivity index (χ1v) is 13.0. The van der Waals surface area contributed by atoms with Gasteiger partial charge in [0.05, 0.1) is 32.6 Å². The summed E-state index contributed by atoms with van der Waals surface area (Å²) in [7, 11) is 4.29. The number of rotatable bonds is 12. The molecule has 11 nitrogen and oxygen atoms in total. The van der Waals surface area contributed by atoms with Gasteiger partial charge in [-0.25, -0.2) is 4.79 Å². The number of hydrogen-bond acceptors (Lipinski definition) is 12. The molecule has 1 aromatic carbocycles. The normalized spacial score (nSPS) is 10.8. The molecule has 37 heavy (non-hydrogen) atoms. The van der Waals surface area contributed by atoms with Gasteiger partial charge in [-0.05, 0) is 25.0 Å². The Hall–Kier alpha value is -3.58. The molecular weight excluding hydrogens is 522 g/mol. The van der Waals surface area contributed by atoms with Gasteiger partial charge in [0.2, 0.25) is 28.0 Å². The van der Waals surface area contributed by atoms with Crippen LogP contribution in [0.2, 0.25) is 0 Å². The summed E-state index contributed by atoms with van der Waals surface area (Å²) in [6.07, 6.45) is 2.57. The third kappa shape index (κ3) is 7.01. The second-order valence-electron chi connectivity index (χ2n) is 7.54. The summed E-state index contributed by atoms with van der Waals surface area (Å²) in [5.41, 5.74) is -0.435. The SMILES string of the molecule is CCC(CC)C(=O)Nc1nnc(SCc2cc(=O)c(OC(=O)c3cc(OC)c(OC)c(OC)c3)co2)s1. The van der Waals surface area contributed by atoms with E-state index in [1.807, 2.05) is 13.8 Å². The van der Waals surface area contributed by atoms with Crippen molar-refractivity contribution in [1.29, 1.82) is 0 Å². The highest BCUT2D eigenvalue weighted by Gasteiger charge is 2.20. The summed E-state index contributed by atoms with van der Waals surface area (Å²) < 4.78 is 27.0. The molecule has 0 aliphatic rings. The molecule has 0 atom stereocenters. The second kappa shape index (κ2) is 13.1. The second-order valence-corrected chi connectivity index (χ2v) is 9.74. The smallest absolute Gasteiger partial charge is 0.344 e. The van der Waals surface area contributed by atoms with Crippen LogP contribution in [-0.2, 0) is 10.5 Å². The number of benzene rings is 1. The molecule has 0 radical (unpaired) electrons. The Bertz CT molecular complexity index is 1280. The highest BCUT2D eigenvalue weighted by molar-refractivity contribution is 8.00. The van der Waals surface area contributed by atoms with Crippen molar-refractivity contribution in [2.45, 2.75) is 36.8 Å². The molecule has 3 aromatic rings. The Labute approximate surface area is 221 Å². The van der Waals surface area contributed by atoms with Crippen LogP contribution in [-0.4, -0.2) is 43.4 Å². The number of esters is 1. The molecule has 0 spiro atoms. The largest absolute Gasteiger partial charge is 0.493 e. The highest BCUT2D eigenvalue weighted by atomic mass is 32.2. The number of anilines is 1. The van der Waals surface area contributed by atoms with Gasteiger partial charge in [0.15, 0.2) is 15.8 Å². The lowest BCUT2D eigenvalue weighted by Gasteiger charge is -2.13.